The lowest BCUT2D eigenvalue weighted by molar-refractivity contribution is 0.397. The van der Waals surface area contributed by atoms with Crippen molar-refractivity contribution >= 4 is 50.0 Å². The summed E-state index contributed by atoms with van der Waals surface area (Å²) in [6.07, 6.45) is 0. The fourth-order valence-corrected chi connectivity index (χ4v) is 4.78. The van der Waals surface area contributed by atoms with Gasteiger partial charge in [-0.25, -0.2) is 4.57 Å². The van der Waals surface area contributed by atoms with Crippen molar-refractivity contribution in [2.24, 2.45) is 0 Å². The van der Waals surface area contributed by atoms with Crippen LogP contribution in [0.4, 0.5) is 0 Å². The monoisotopic (exact) mass is 346 g/mol. The molecule has 0 radical (unpaired) electrons. The van der Waals surface area contributed by atoms with Crippen LogP contribution in [0.5, 0.6) is 0 Å². The van der Waals surface area contributed by atoms with Gasteiger partial charge in [-0.15, -0.1) is 0 Å². The second-order valence-corrected chi connectivity index (χ2v) is 7.39. The summed E-state index contributed by atoms with van der Waals surface area (Å²) >= 11 is 6.94. The SMILES string of the molecule is O=P(O)(O)Sc1c(Br)cccc1Br. The van der Waals surface area contributed by atoms with Crippen molar-refractivity contribution in [3.63, 3.8) is 0 Å². The highest BCUT2D eigenvalue weighted by molar-refractivity contribution is 9.11. The molecule has 0 atom stereocenters. The Hall–Kier alpha value is 0.680. The standard InChI is InChI=1S/C6H5Br2O3PS/c7-4-2-1-3-5(8)6(4)13-12(9,10)11/h1-3H,(H2,9,10,11). The molecule has 7 heteroatoms. The van der Waals surface area contributed by atoms with E-state index in [-0.39, 0.29) is 0 Å². The maximum Gasteiger partial charge on any atom is 0.388 e. The summed E-state index contributed by atoms with van der Waals surface area (Å²) in [6.45, 7) is -4.08. The Morgan fingerprint density at radius 3 is 2.08 bits per heavy atom. The third kappa shape index (κ3) is 3.73. The molecule has 0 fully saturated rings. The van der Waals surface area contributed by atoms with Gasteiger partial charge in [-0.3, -0.25) is 0 Å². The predicted octanol–water partition coefficient (Wildman–Crippen LogP) is 3.40. The van der Waals surface area contributed by atoms with Crippen LogP contribution in [0, 0.1) is 0 Å². The summed E-state index contributed by atoms with van der Waals surface area (Å²) in [5, 5.41) is 0. The molecule has 2 N–H and O–H groups in total. The Morgan fingerprint density at radius 1 is 1.23 bits per heavy atom. The minimum absolute atomic E-state index is 0.510. The van der Waals surface area contributed by atoms with Gasteiger partial charge in [0.1, 0.15) is 0 Å². The molecule has 0 amide bonds. The van der Waals surface area contributed by atoms with E-state index in [1.807, 2.05) is 0 Å². The lowest BCUT2D eigenvalue weighted by Crippen LogP contribution is -1.78. The number of halogens is 2. The number of hydrogen-bond acceptors (Lipinski definition) is 2. The first-order valence-corrected chi connectivity index (χ1v) is 7.71. The van der Waals surface area contributed by atoms with E-state index in [1.165, 1.54) is 0 Å². The van der Waals surface area contributed by atoms with E-state index in [9.17, 15) is 4.57 Å². The fourth-order valence-electron chi connectivity index (χ4n) is 0.689. The van der Waals surface area contributed by atoms with Crippen molar-refractivity contribution in [2.75, 3.05) is 0 Å². The summed E-state index contributed by atoms with van der Waals surface area (Å²) in [4.78, 5) is 18.0. The van der Waals surface area contributed by atoms with Crippen LogP contribution in [0.2, 0.25) is 0 Å². The molecule has 0 bridgehead atoms. The maximum atomic E-state index is 10.7. The van der Waals surface area contributed by atoms with Gasteiger partial charge in [0.25, 0.3) is 0 Å². The van der Waals surface area contributed by atoms with Crippen molar-refractivity contribution < 1.29 is 14.4 Å². The number of rotatable bonds is 2. The zero-order valence-electron chi connectivity index (χ0n) is 6.15. The molecular weight excluding hydrogens is 343 g/mol. The summed E-state index contributed by atoms with van der Waals surface area (Å²) in [6, 6.07) is 5.23. The van der Waals surface area contributed by atoms with Crippen molar-refractivity contribution in [3.8, 4) is 0 Å². The smallest absolute Gasteiger partial charge is 0.316 e. The summed E-state index contributed by atoms with van der Waals surface area (Å²) < 4.78 is 12.0. The number of hydrogen-bond donors (Lipinski definition) is 2. The molecule has 0 aromatic heterocycles. The third-order valence-corrected chi connectivity index (χ3v) is 5.10. The molecule has 0 aliphatic carbocycles. The molecule has 0 heterocycles. The molecule has 0 aliphatic rings. The summed E-state index contributed by atoms with van der Waals surface area (Å²) in [5.74, 6) is 0. The van der Waals surface area contributed by atoms with E-state index < -0.39 is 6.80 Å². The Labute approximate surface area is 96.1 Å². The van der Waals surface area contributed by atoms with Crippen LogP contribution in [0.3, 0.4) is 0 Å². The molecule has 3 nitrogen and oxygen atoms in total. The van der Waals surface area contributed by atoms with Crippen molar-refractivity contribution in [1.82, 2.24) is 0 Å². The fraction of sp³-hybridized carbons (Fsp3) is 0. The highest BCUT2D eigenvalue weighted by atomic mass is 79.9. The first-order valence-electron chi connectivity index (χ1n) is 3.09. The van der Waals surface area contributed by atoms with Gasteiger partial charge >= 0.3 is 6.80 Å². The van der Waals surface area contributed by atoms with Crippen LogP contribution in [-0.4, -0.2) is 9.79 Å². The minimum atomic E-state index is -4.08. The van der Waals surface area contributed by atoms with E-state index in [2.05, 4.69) is 31.9 Å². The minimum Gasteiger partial charge on any atom is -0.316 e. The van der Waals surface area contributed by atoms with E-state index in [0.29, 0.717) is 25.2 Å². The largest absolute Gasteiger partial charge is 0.388 e. The molecule has 0 saturated carbocycles. The van der Waals surface area contributed by atoms with Crippen LogP contribution < -0.4 is 0 Å². The molecule has 0 aliphatic heterocycles. The molecule has 1 aromatic rings. The third-order valence-electron chi connectivity index (χ3n) is 1.13. The molecule has 1 aromatic carbocycles. The van der Waals surface area contributed by atoms with Gasteiger partial charge < -0.3 is 9.79 Å². The average molecular weight is 348 g/mol. The van der Waals surface area contributed by atoms with Gasteiger partial charge in [-0.1, -0.05) is 6.07 Å². The zero-order valence-corrected chi connectivity index (χ0v) is 11.0. The molecule has 0 unspecified atom stereocenters. The van der Waals surface area contributed by atoms with Crippen molar-refractivity contribution in [1.29, 1.82) is 0 Å². The van der Waals surface area contributed by atoms with Gasteiger partial charge in [0.2, 0.25) is 0 Å². The lowest BCUT2D eigenvalue weighted by Gasteiger charge is -2.06. The second-order valence-electron chi connectivity index (χ2n) is 2.13. The van der Waals surface area contributed by atoms with Gasteiger partial charge in [0, 0.05) is 13.8 Å². The Balaban J connectivity index is 3.07. The highest BCUT2D eigenvalue weighted by Gasteiger charge is 2.19. The van der Waals surface area contributed by atoms with Crippen LogP contribution in [-0.2, 0) is 4.57 Å². The maximum absolute atomic E-state index is 10.7. The first-order chi connectivity index (χ1) is 5.90. The highest BCUT2D eigenvalue weighted by Crippen LogP contribution is 2.57. The zero-order chi connectivity index (χ0) is 10.1. The van der Waals surface area contributed by atoms with Crippen molar-refractivity contribution in [2.45, 2.75) is 4.90 Å². The Bertz CT molecular complexity index is 345. The van der Waals surface area contributed by atoms with Crippen LogP contribution >= 0.6 is 50.0 Å². The quantitative estimate of drug-likeness (QED) is 0.805. The lowest BCUT2D eigenvalue weighted by atomic mass is 10.4. The van der Waals surface area contributed by atoms with Gasteiger partial charge in [0.15, 0.2) is 0 Å². The molecule has 0 spiro atoms. The summed E-state index contributed by atoms with van der Waals surface area (Å²) in [5.41, 5.74) is 0. The van der Waals surface area contributed by atoms with Crippen LogP contribution in [0.1, 0.15) is 0 Å². The second kappa shape index (κ2) is 4.47. The molecule has 72 valence electrons. The normalized spacial score (nSPS) is 11.7. The topological polar surface area (TPSA) is 57.5 Å². The van der Waals surface area contributed by atoms with E-state index in [1.54, 1.807) is 18.2 Å². The molecular formula is C6H5Br2O3PS. The summed E-state index contributed by atoms with van der Waals surface area (Å²) in [7, 11) is 0. The Kier molecular flexibility index (Phi) is 4.04. The van der Waals surface area contributed by atoms with Gasteiger partial charge in [-0.2, -0.15) is 0 Å². The van der Waals surface area contributed by atoms with Crippen LogP contribution in [0.15, 0.2) is 32.0 Å². The first kappa shape index (κ1) is 11.8. The van der Waals surface area contributed by atoms with Gasteiger partial charge in [0.05, 0.1) is 0 Å². The number of benzene rings is 1. The van der Waals surface area contributed by atoms with Gasteiger partial charge in [-0.05, 0) is 55.4 Å². The van der Waals surface area contributed by atoms with E-state index in [4.69, 9.17) is 9.79 Å². The molecule has 0 saturated heterocycles. The van der Waals surface area contributed by atoms with Crippen molar-refractivity contribution in [3.05, 3.63) is 27.1 Å². The average Bonchev–Trinajstić information content (AvgIpc) is 1.95. The van der Waals surface area contributed by atoms with E-state index in [0.717, 1.165) is 0 Å². The van der Waals surface area contributed by atoms with Crippen LogP contribution in [0.25, 0.3) is 0 Å². The predicted molar refractivity (Wildman–Crippen MR) is 59.7 cm³/mol. The van der Waals surface area contributed by atoms with E-state index >= 15 is 0 Å². The molecule has 13 heavy (non-hydrogen) atoms. The Morgan fingerprint density at radius 2 is 1.69 bits per heavy atom. The molecule has 1 rings (SSSR count).